The molecule has 102 valence electrons. The van der Waals surface area contributed by atoms with Crippen molar-refractivity contribution in [2.24, 2.45) is 5.10 Å². The first-order valence-electron chi connectivity index (χ1n) is 5.35. The van der Waals surface area contributed by atoms with Crippen LogP contribution in [0.15, 0.2) is 21.7 Å². The van der Waals surface area contributed by atoms with Gasteiger partial charge in [0.25, 0.3) is 0 Å². The molecule has 0 aromatic carbocycles. The fourth-order valence-electron chi connectivity index (χ4n) is 1.51. The SMILES string of the molecule is CSC[C@H]1CN(/N=C/c2ccc([N+](=O)[O-])o2)C(=O)O1. The maximum absolute atomic E-state index is 11.4. The molecule has 1 aromatic rings. The average molecular weight is 285 g/mol. The highest BCUT2D eigenvalue weighted by molar-refractivity contribution is 7.98. The van der Waals surface area contributed by atoms with Crippen molar-refractivity contribution in [2.45, 2.75) is 6.10 Å². The van der Waals surface area contributed by atoms with E-state index < -0.39 is 11.0 Å². The fourth-order valence-corrected chi connectivity index (χ4v) is 2.06. The number of rotatable bonds is 5. The Hall–Kier alpha value is -2.03. The lowest BCUT2D eigenvalue weighted by Gasteiger charge is -2.04. The number of hydrazone groups is 1. The topological polar surface area (TPSA) is 98.2 Å². The van der Waals surface area contributed by atoms with Crippen LogP contribution >= 0.6 is 11.8 Å². The number of nitro groups is 1. The Labute approximate surface area is 112 Å². The van der Waals surface area contributed by atoms with E-state index in [0.29, 0.717) is 12.3 Å². The number of carbonyl (C=O) groups is 1. The van der Waals surface area contributed by atoms with Gasteiger partial charge in [-0.15, -0.1) is 0 Å². The molecule has 0 saturated carbocycles. The lowest BCUT2D eigenvalue weighted by atomic mass is 10.4. The van der Waals surface area contributed by atoms with Gasteiger partial charge in [0.15, 0.2) is 5.76 Å². The van der Waals surface area contributed by atoms with Crippen molar-refractivity contribution in [3.05, 3.63) is 28.0 Å². The third-order valence-corrected chi connectivity index (χ3v) is 3.03. The summed E-state index contributed by atoms with van der Waals surface area (Å²) in [5.74, 6) is 0.530. The Morgan fingerprint density at radius 3 is 3.11 bits per heavy atom. The number of carbonyl (C=O) groups excluding carboxylic acids is 1. The number of nitrogens with zero attached hydrogens (tertiary/aromatic N) is 3. The predicted octanol–water partition coefficient (Wildman–Crippen LogP) is 1.71. The molecule has 1 aliphatic heterocycles. The number of hydrogen-bond acceptors (Lipinski definition) is 7. The zero-order chi connectivity index (χ0) is 13.8. The highest BCUT2D eigenvalue weighted by Gasteiger charge is 2.30. The van der Waals surface area contributed by atoms with Crippen LogP contribution in [0.1, 0.15) is 5.76 Å². The summed E-state index contributed by atoms with van der Waals surface area (Å²) >= 11 is 1.57. The van der Waals surface area contributed by atoms with Crippen molar-refractivity contribution >= 4 is 30.0 Å². The van der Waals surface area contributed by atoms with Crippen molar-refractivity contribution in [2.75, 3.05) is 18.6 Å². The largest absolute Gasteiger partial charge is 0.442 e. The van der Waals surface area contributed by atoms with Crippen LogP contribution in [0.5, 0.6) is 0 Å². The number of furan rings is 1. The van der Waals surface area contributed by atoms with E-state index in [1.54, 1.807) is 11.8 Å². The summed E-state index contributed by atoms with van der Waals surface area (Å²) in [6.07, 6.45) is 2.44. The highest BCUT2D eigenvalue weighted by Crippen LogP contribution is 2.16. The molecule has 2 heterocycles. The van der Waals surface area contributed by atoms with Gasteiger partial charge in [-0.25, -0.2) is 4.79 Å². The van der Waals surface area contributed by atoms with Gasteiger partial charge in [-0.2, -0.15) is 21.9 Å². The van der Waals surface area contributed by atoms with Gasteiger partial charge in [-0.05, 0) is 12.3 Å². The van der Waals surface area contributed by atoms with Crippen LogP contribution in [0.3, 0.4) is 0 Å². The molecule has 2 rings (SSSR count). The van der Waals surface area contributed by atoms with Crippen LogP contribution in [0.2, 0.25) is 0 Å². The van der Waals surface area contributed by atoms with Crippen LogP contribution in [0.4, 0.5) is 10.7 Å². The molecule has 9 heteroatoms. The molecule has 0 radical (unpaired) electrons. The molecule has 0 bridgehead atoms. The van der Waals surface area contributed by atoms with E-state index in [1.165, 1.54) is 18.3 Å². The second-order valence-electron chi connectivity index (χ2n) is 3.72. The van der Waals surface area contributed by atoms with E-state index in [-0.39, 0.29) is 17.7 Å². The summed E-state index contributed by atoms with van der Waals surface area (Å²) in [6, 6.07) is 2.63. The van der Waals surface area contributed by atoms with Crippen LogP contribution in [0, 0.1) is 10.1 Å². The second kappa shape index (κ2) is 5.74. The Balaban J connectivity index is 1.98. The molecule has 1 amide bonds. The van der Waals surface area contributed by atoms with E-state index in [2.05, 4.69) is 5.10 Å². The van der Waals surface area contributed by atoms with Gasteiger partial charge in [0.2, 0.25) is 0 Å². The third-order valence-electron chi connectivity index (χ3n) is 2.32. The molecule has 1 atom stereocenters. The molecular weight excluding hydrogens is 274 g/mol. The van der Waals surface area contributed by atoms with Crippen molar-refractivity contribution in [1.82, 2.24) is 5.01 Å². The number of amides is 1. The lowest BCUT2D eigenvalue weighted by molar-refractivity contribution is -0.402. The molecule has 1 fully saturated rings. The predicted molar refractivity (Wildman–Crippen MR) is 68.3 cm³/mol. The Morgan fingerprint density at radius 2 is 2.47 bits per heavy atom. The van der Waals surface area contributed by atoms with E-state index in [1.807, 2.05) is 6.26 Å². The molecule has 19 heavy (non-hydrogen) atoms. The van der Waals surface area contributed by atoms with Crippen LogP contribution in [-0.4, -0.2) is 46.9 Å². The van der Waals surface area contributed by atoms with Gasteiger partial charge < -0.3 is 9.15 Å². The minimum absolute atomic E-state index is 0.189. The highest BCUT2D eigenvalue weighted by atomic mass is 32.2. The molecule has 0 N–H and O–H groups in total. The van der Waals surface area contributed by atoms with E-state index in [4.69, 9.17) is 9.15 Å². The minimum atomic E-state index is -0.643. The van der Waals surface area contributed by atoms with Crippen LogP contribution < -0.4 is 0 Å². The van der Waals surface area contributed by atoms with Gasteiger partial charge in [-0.1, -0.05) is 0 Å². The van der Waals surface area contributed by atoms with Crippen molar-refractivity contribution in [3.8, 4) is 0 Å². The maximum atomic E-state index is 11.4. The van der Waals surface area contributed by atoms with Gasteiger partial charge in [-0.3, -0.25) is 10.1 Å². The Morgan fingerprint density at radius 1 is 1.68 bits per heavy atom. The average Bonchev–Trinajstić information content (AvgIpc) is 2.94. The number of thioether (sulfide) groups is 1. The molecule has 0 unspecified atom stereocenters. The number of cyclic esters (lactones) is 1. The first kappa shape index (κ1) is 13.4. The number of ether oxygens (including phenoxy) is 1. The van der Waals surface area contributed by atoms with Gasteiger partial charge in [0.05, 0.1) is 18.8 Å². The molecule has 1 aliphatic rings. The lowest BCUT2D eigenvalue weighted by Crippen LogP contribution is -2.19. The monoisotopic (exact) mass is 285 g/mol. The van der Waals surface area contributed by atoms with Crippen LogP contribution in [-0.2, 0) is 4.74 Å². The first-order chi connectivity index (χ1) is 9.10. The standard InChI is InChI=1S/C10H11N3O5S/c1-19-6-8-5-12(10(14)18-8)11-4-7-2-3-9(17-7)13(15)16/h2-4,8H,5-6H2,1H3/b11-4+/t8-/m1/s1. The summed E-state index contributed by atoms with van der Waals surface area (Å²) < 4.78 is 9.94. The van der Waals surface area contributed by atoms with Gasteiger partial charge >= 0.3 is 12.0 Å². The molecule has 0 aliphatic carbocycles. The third kappa shape index (κ3) is 3.25. The summed E-state index contributed by atoms with van der Waals surface area (Å²) in [4.78, 5) is 21.2. The quantitative estimate of drug-likeness (QED) is 0.464. The van der Waals surface area contributed by atoms with Gasteiger partial charge in [0, 0.05) is 5.75 Å². The molecule has 0 spiro atoms. The molecular formula is C10H11N3O5S. The summed E-state index contributed by atoms with van der Waals surface area (Å²) in [7, 11) is 0. The summed E-state index contributed by atoms with van der Waals surface area (Å²) in [6.45, 7) is 0.360. The van der Waals surface area contributed by atoms with Gasteiger partial charge in [0.1, 0.15) is 11.0 Å². The summed E-state index contributed by atoms with van der Waals surface area (Å²) in [5.41, 5.74) is 0. The molecule has 8 nitrogen and oxygen atoms in total. The van der Waals surface area contributed by atoms with Crippen molar-refractivity contribution < 1.29 is 18.9 Å². The molecule has 1 saturated heterocycles. The van der Waals surface area contributed by atoms with E-state index in [0.717, 1.165) is 5.01 Å². The maximum Gasteiger partial charge on any atom is 0.433 e. The smallest absolute Gasteiger partial charge is 0.433 e. The van der Waals surface area contributed by atoms with E-state index in [9.17, 15) is 14.9 Å². The summed E-state index contributed by atoms with van der Waals surface area (Å²) in [5, 5.41) is 15.5. The fraction of sp³-hybridized carbons (Fsp3) is 0.400. The first-order valence-corrected chi connectivity index (χ1v) is 6.75. The zero-order valence-electron chi connectivity index (χ0n) is 10.0. The Bertz CT molecular complexity index is 515. The van der Waals surface area contributed by atoms with Crippen molar-refractivity contribution in [1.29, 1.82) is 0 Å². The minimum Gasteiger partial charge on any atom is -0.442 e. The normalized spacial score (nSPS) is 19.1. The number of hydrogen-bond donors (Lipinski definition) is 0. The van der Waals surface area contributed by atoms with E-state index >= 15 is 0 Å². The second-order valence-corrected chi connectivity index (χ2v) is 4.63. The zero-order valence-corrected chi connectivity index (χ0v) is 10.8. The van der Waals surface area contributed by atoms with Crippen LogP contribution in [0.25, 0.3) is 0 Å². The molecule has 1 aromatic heterocycles. The van der Waals surface area contributed by atoms with Crippen molar-refractivity contribution in [3.63, 3.8) is 0 Å². The Kier molecular flexibility index (Phi) is 4.05.